The molecule has 0 aromatic heterocycles. The highest BCUT2D eigenvalue weighted by Gasteiger charge is 2.28. The number of benzene rings is 3. The van der Waals surface area contributed by atoms with E-state index in [2.05, 4.69) is 125 Å². The summed E-state index contributed by atoms with van der Waals surface area (Å²) in [6.07, 6.45) is 4.47. The molecule has 0 saturated carbocycles. The second kappa shape index (κ2) is 12.6. The number of hydrogen-bond donors (Lipinski definition) is 0. The van der Waals surface area contributed by atoms with Gasteiger partial charge in [-0.1, -0.05) is 100 Å². The summed E-state index contributed by atoms with van der Waals surface area (Å²) in [5.74, 6) is 0.928. The second-order valence-corrected chi connectivity index (χ2v) is 9.02. The molecule has 0 saturated heterocycles. The molecule has 0 aliphatic heterocycles. The molecule has 3 aromatic rings. The predicted octanol–water partition coefficient (Wildman–Crippen LogP) is 8.34. The lowest BCUT2D eigenvalue weighted by Crippen LogP contribution is -2.46. The Hall–Kier alpha value is -2.84. The number of nitrogens with zero attached hydrogens (tertiary/aromatic N) is 1. The van der Waals surface area contributed by atoms with Gasteiger partial charge in [-0.05, 0) is 72.7 Å². The predicted molar refractivity (Wildman–Crippen MR) is 147 cm³/mol. The third kappa shape index (κ3) is 5.98. The van der Waals surface area contributed by atoms with Crippen LogP contribution in [0.25, 0.3) is 11.1 Å². The molecule has 180 valence electrons. The molecular formula is C32H41NO. The van der Waals surface area contributed by atoms with Crippen LogP contribution in [0.5, 0.6) is 5.75 Å². The molecule has 2 heteroatoms. The van der Waals surface area contributed by atoms with Crippen LogP contribution in [0, 0.1) is 0 Å². The fraction of sp³-hybridized carbons (Fsp3) is 0.375. The monoisotopic (exact) mass is 455 g/mol. The minimum atomic E-state index is 0.274. The standard InChI is InChI=1S/C32H41NO/c1-6-30(26-16-12-10-13-17-26)31(27-18-14-11-15-19-27)28-20-22-29(23-21-28)34-25-24-33(5)32(7-2,8-3)9-4/h10-23H,6-9,24-25H2,1-5H3/b31-30-. The van der Waals surface area contributed by atoms with Crippen molar-refractivity contribution < 1.29 is 4.74 Å². The molecule has 3 rings (SSSR count). The van der Waals surface area contributed by atoms with Crippen molar-refractivity contribution in [2.24, 2.45) is 0 Å². The summed E-state index contributed by atoms with van der Waals surface area (Å²) < 4.78 is 6.16. The molecule has 2 nitrogen and oxygen atoms in total. The van der Waals surface area contributed by atoms with E-state index in [0.717, 1.165) is 18.7 Å². The lowest BCUT2D eigenvalue weighted by Gasteiger charge is -2.40. The maximum Gasteiger partial charge on any atom is 0.119 e. The molecule has 34 heavy (non-hydrogen) atoms. The molecule has 0 atom stereocenters. The summed E-state index contributed by atoms with van der Waals surface area (Å²) in [7, 11) is 2.23. The van der Waals surface area contributed by atoms with Gasteiger partial charge in [0, 0.05) is 12.1 Å². The van der Waals surface area contributed by atoms with Crippen LogP contribution in [0.4, 0.5) is 0 Å². The molecule has 0 N–H and O–H groups in total. The van der Waals surface area contributed by atoms with Crippen LogP contribution in [0.15, 0.2) is 84.9 Å². The summed E-state index contributed by atoms with van der Waals surface area (Å²) in [6, 6.07) is 30.1. The maximum absolute atomic E-state index is 6.16. The highest BCUT2D eigenvalue weighted by Crippen LogP contribution is 2.35. The fourth-order valence-corrected chi connectivity index (χ4v) is 5.10. The Morgan fingerprint density at radius 2 is 1.18 bits per heavy atom. The molecule has 0 heterocycles. The topological polar surface area (TPSA) is 12.5 Å². The van der Waals surface area contributed by atoms with Crippen molar-refractivity contribution in [2.45, 2.75) is 58.9 Å². The van der Waals surface area contributed by atoms with E-state index < -0.39 is 0 Å². The molecule has 3 aromatic carbocycles. The lowest BCUT2D eigenvalue weighted by atomic mass is 9.88. The highest BCUT2D eigenvalue weighted by molar-refractivity contribution is 5.98. The second-order valence-electron chi connectivity index (χ2n) is 9.02. The Kier molecular flexibility index (Phi) is 9.53. The molecule has 0 fully saturated rings. The van der Waals surface area contributed by atoms with Gasteiger partial charge in [-0.25, -0.2) is 0 Å². The van der Waals surface area contributed by atoms with Crippen molar-refractivity contribution in [3.05, 3.63) is 102 Å². The van der Waals surface area contributed by atoms with Crippen LogP contribution in [-0.4, -0.2) is 30.6 Å². The van der Waals surface area contributed by atoms with E-state index in [4.69, 9.17) is 4.74 Å². The number of hydrogen-bond acceptors (Lipinski definition) is 2. The van der Waals surface area contributed by atoms with E-state index in [1.165, 1.54) is 47.1 Å². The average Bonchev–Trinajstić information content (AvgIpc) is 2.90. The Morgan fingerprint density at radius 1 is 0.676 bits per heavy atom. The van der Waals surface area contributed by atoms with Crippen LogP contribution >= 0.6 is 0 Å². The molecule has 0 spiro atoms. The quantitative estimate of drug-likeness (QED) is 0.254. The normalized spacial score (nSPS) is 12.5. The van der Waals surface area contributed by atoms with Crippen LogP contribution < -0.4 is 4.74 Å². The highest BCUT2D eigenvalue weighted by atomic mass is 16.5. The van der Waals surface area contributed by atoms with Gasteiger partial charge in [0.15, 0.2) is 0 Å². The van der Waals surface area contributed by atoms with E-state index in [0.29, 0.717) is 6.61 Å². The molecule has 0 bridgehead atoms. The van der Waals surface area contributed by atoms with Crippen LogP contribution in [0.1, 0.15) is 70.1 Å². The van der Waals surface area contributed by atoms with Gasteiger partial charge >= 0.3 is 0 Å². The van der Waals surface area contributed by atoms with Gasteiger partial charge < -0.3 is 4.74 Å². The van der Waals surface area contributed by atoms with Gasteiger partial charge in [-0.15, -0.1) is 0 Å². The zero-order chi connectivity index (χ0) is 24.4. The molecule has 0 radical (unpaired) electrons. The SMILES string of the molecule is CC/C(=C(\c1ccccc1)c1ccc(OCCN(C)C(CC)(CC)CC)cc1)c1ccccc1. The number of ether oxygens (including phenoxy) is 1. The van der Waals surface area contributed by atoms with Crippen molar-refractivity contribution in [3.8, 4) is 5.75 Å². The number of allylic oxidation sites excluding steroid dienone is 1. The van der Waals surface area contributed by atoms with E-state index in [9.17, 15) is 0 Å². The van der Waals surface area contributed by atoms with E-state index in [1.807, 2.05) is 0 Å². The first-order valence-electron chi connectivity index (χ1n) is 12.9. The first kappa shape index (κ1) is 25.8. The van der Waals surface area contributed by atoms with Crippen molar-refractivity contribution >= 4 is 11.1 Å². The van der Waals surface area contributed by atoms with Crippen LogP contribution in [0.2, 0.25) is 0 Å². The fourth-order valence-electron chi connectivity index (χ4n) is 5.10. The third-order valence-electron chi connectivity index (χ3n) is 7.46. The summed E-state index contributed by atoms with van der Waals surface area (Å²) in [6.45, 7) is 10.7. The zero-order valence-corrected chi connectivity index (χ0v) is 21.7. The Labute approximate surface area is 207 Å². The van der Waals surface area contributed by atoms with Gasteiger partial charge in [0.1, 0.15) is 12.4 Å². The van der Waals surface area contributed by atoms with Gasteiger partial charge in [-0.3, -0.25) is 4.90 Å². The van der Waals surface area contributed by atoms with Crippen molar-refractivity contribution in [1.29, 1.82) is 0 Å². The summed E-state index contributed by atoms with van der Waals surface area (Å²) >= 11 is 0. The largest absolute Gasteiger partial charge is 0.492 e. The van der Waals surface area contributed by atoms with Gasteiger partial charge in [-0.2, -0.15) is 0 Å². The molecular weight excluding hydrogens is 414 g/mol. The van der Waals surface area contributed by atoms with Gasteiger partial charge in [0.2, 0.25) is 0 Å². The van der Waals surface area contributed by atoms with E-state index in [-0.39, 0.29) is 5.54 Å². The number of likely N-dealkylation sites (N-methyl/N-ethyl adjacent to an activating group) is 1. The Balaban J connectivity index is 1.82. The first-order valence-corrected chi connectivity index (χ1v) is 12.9. The Morgan fingerprint density at radius 3 is 1.68 bits per heavy atom. The summed E-state index contributed by atoms with van der Waals surface area (Å²) in [5.41, 5.74) is 6.66. The average molecular weight is 456 g/mol. The first-order chi connectivity index (χ1) is 16.6. The maximum atomic E-state index is 6.16. The van der Waals surface area contributed by atoms with E-state index in [1.54, 1.807) is 0 Å². The lowest BCUT2D eigenvalue weighted by molar-refractivity contribution is 0.0859. The van der Waals surface area contributed by atoms with Crippen LogP contribution in [-0.2, 0) is 0 Å². The minimum absolute atomic E-state index is 0.274. The molecule has 0 amide bonds. The van der Waals surface area contributed by atoms with Gasteiger partial charge in [0.25, 0.3) is 0 Å². The Bertz CT molecular complexity index is 1010. The van der Waals surface area contributed by atoms with Crippen molar-refractivity contribution in [1.82, 2.24) is 4.90 Å². The van der Waals surface area contributed by atoms with Crippen molar-refractivity contribution in [2.75, 3.05) is 20.2 Å². The molecule has 0 aliphatic rings. The number of rotatable bonds is 12. The molecule has 0 aliphatic carbocycles. The van der Waals surface area contributed by atoms with E-state index >= 15 is 0 Å². The third-order valence-corrected chi connectivity index (χ3v) is 7.46. The van der Waals surface area contributed by atoms with Gasteiger partial charge in [0.05, 0.1) is 0 Å². The molecule has 0 unspecified atom stereocenters. The van der Waals surface area contributed by atoms with Crippen LogP contribution in [0.3, 0.4) is 0 Å². The smallest absolute Gasteiger partial charge is 0.119 e. The minimum Gasteiger partial charge on any atom is -0.492 e. The van der Waals surface area contributed by atoms with Crippen molar-refractivity contribution in [3.63, 3.8) is 0 Å². The zero-order valence-electron chi connectivity index (χ0n) is 21.7. The summed E-state index contributed by atoms with van der Waals surface area (Å²) in [4.78, 5) is 2.48. The summed E-state index contributed by atoms with van der Waals surface area (Å²) in [5, 5.41) is 0.